The number of rotatable bonds is 3. The third kappa shape index (κ3) is 2.30. The highest BCUT2D eigenvalue weighted by atomic mass is 16.4. The van der Waals surface area contributed by atoms with Gasteiger partial charge in [0.2, 0.25) is 5.54 Å². The van der Waals surface area contributed by atoms with Crippen LogP contribution in [0.3, 0.4) is 0 Å². The molecule has 0 aromatic heterocycles. The van der Waals surface area contributed by atoms with Crippen molar-refractivity contribution < 1.29 is 30.6 Å². The molecule has 0 amide bonds. The van der Waals surface area contributed by atoms with Crippen LogP contribution in [-0.4, -0.2) is 32.8 Å². The predicted octanol–water partition coefficient (Wildman–Crippen LogP) is -0.0442. The minimum absolute atomic E-state index is 0.0306. The van der Waals surface area contributed by atoms with Crippen molar-refractivity contribution in [3.05, 3.63) is 41.5 Å². The predicted molar refractivity (Wildman–Crippen MR) is 64.4 cm³/mol. The molecule has 0 unspecified atom stereocenters. The van der Waals surface area contributed by atoms with E-state index in [-0.39, 0.29) is 17.7 Å². The van der Waals surface area contributed by atoms with Crippen LogP contribution in [0, 0.1) is 0 Å². The molecule has 6 heteroatoms. The summed E-state index contributed by atoms with van der Waals surface area (Å²) in [6, 6.07) is 6.06. The Morgan fingerprint density at radius 2 is 1.79 bits per heavy atom. The van der Waals surface area contributed by atoms with Crippen molar-refractivity contribution in [3.63, 3.8) is 0 Å². The van der Waals surface area contributed by atoms with Gasteiger partial charge in [0.1, 0.15) is 5.75 Å². The molecule has 0 aliphatic heterocycles. The van der Waals surface area contributed by atoms with E-state index in [4.69, 9.17) is 5.11 Å². The normalized spacial score (nSPS) is 25.9. The second-order valence-corrected chi connectivity index (χ2v) is 4.71. The fourth-order valence-electron chi connectivity index (χ4n) is 2.30. The van der Waals surface area contributed by atoms with Crippen LogP contribution in [0.5, 0.6) is 5.75 Å². The van der Waals surface area contributed by atoms with Crippen LogP contribution in [0.4, 0.5) is 0 Å². The van der Waals surface area contributed by atoms with Crippen molar-refractivity contribution in [1.29, 1.82) is 0 Å². The van der Waals surface area contributed by atoms with Crippen molar-refractivity contribution in [3.8, 4) is 5.75 Å². The molecule has 0 radical (unpaired) electrons. The molecule has 1 aromatic rings. The number of carbonyl (C=O) groups is 2. The van der Waals surface area contributed by atoms with Gasteiger partial charge in [-0.1, -0.05) is 12.1 Å². The zero-order chi connectivity index (χ0) is 14.2. The van der Waals surface area contributed by atoms with Crippen molar-refractivity contribution >= 4 is 11.9 Å². The van der Waals surface area contributed by atoms with E-state index in [0.29, 0.717) is 5.56 Å². The lowest BCUT2D eigenvalue weighted by Gasteiger charge is -2.16. The van der Waals surface area contributed by atoms with E-state index in [9.17, 15) is 19.8 Å². The standard InChI is InChI=1S/C13H13NO5/c14-13(12(18)19)5-9(10(6-13)11(16)17)7-1-3-8(15)4-2-7/h1-4,6,9,15H,5,14H2,(H,16,17)(H,18,19)/p+1/t9-,13-/m0/s1. The number of aromatic hydroxyl groups is 1. The van der Waals surface area contributed by atoms with Gasteiger partial charge in [-0.05, 0) is 23.8 Å². The first-order chi connectivity index (χ1) is 8.83. The average Bonchev–Trinajstić information content (AvgIpc) is 2.70. The topological polar surface area (TPSA) is 122 Å². The minimum atomic E-state index is -1.42. The van der Waals surface area contributed by atoms with Gasteiger partial charge in [-0.3, -0.25) is 0 Å². The maximum Gasteiger partial charge on any atom is 0.369 e. The number of carboxylic acid groups (broad SMARTS) is 2. The number of aliphatic carboxylic acids is 2. The van der Waals surface area contributed by atoms with E-state index in [1.807, 2.05) is 0 Å². The Balaban J connectivity index is 2.42. The lowest BCUT2D eigenvalue weighted by atomic mass is 9.89. The molecule has 0 fully saturated rings. The summed E-state index contributed by atoms with van der Waals surface area (Å²) >= 11 is 0. The Labute approximate surface area is 108 Å². The molecule has 6 nitrogen and oxygen atoms in total. The quantitative estimate of drug-likeness (QED) is 0.610. The van der Waals surface area contributed by atoms with Crippen LogP contribution in [0.15, 0.2) is 35.9 Å². The van der Waals surface area contributed by atoms with Gasteiger partial charge in [0.15, 0.2) is 0 Å². The Morgan fingerprint density at radius 1 is 1.21 bits per heavy atom. The summed E-state index contributed by atoms with van der Waals surface area (Å²) in [7, 11) is 0. The van der Waals surface area contributed by atoms with Gasteiger partial charge in [-0.25, -0.2) is 9.59 Å². The molecule has 1 aliphatic rings. The van der Waals surface area contributed by atoms with Gasteiger partial charge in [0.05, 0.1) is 0 Å². The fraction of sp³-hybridized carbons (Fsp3) is 0.231. The van der Waals surface area contributed by atoms with Crippen LogP contribution >= 0.6 is 0 Å². The minimum Gasteiger partial charge on any atom is -0.508 e. The third-order valence-corrected chi connectivity index (χ3v) is 3.34. The van der Waals surface area contributed by atoms with E-state index in [1.54, 1.807) is 12.1 Å². The smallest absolute Gasteiger partial charge is 0.369 e. The molecule has 19 heavy (non-hydrogen) atoms. The molecule has 0 saturated heterocycles. The summed E-state index contributed by atoms with van der Waals surface area (Å²) in [6.07, 6.45) is 1.30. The number of carboxylic acids is 2. The highest BCUT2D eigenvalue weighted by molar-refractivity contribution is 5.93. The SMILES string of the molecule is [NH3+][C@]1(C(=O)O)C=C(C(=O)O)[C@H](c2ccc(O)cc2)C1. The monoisotopic (exact) mass is 264 g/mol. The Kier molecular flexibility index (Phi) is 3.03. The van der Waals surface area contributed by atoms with Gasteiger partial charge in [-0.2, -0.15) is 0 Å². The molecule has 6 N–H and O–H groups in total. The summed E-state index contributed by atoms with van der Waals surface area (Å²) < 4.78 is 0. The first-order valence-corrected chi connectivity index (χ1v) is 5.67. The second-order valence-electron chi connectivity index (χ2n) is 4.71. The summed E-state index contributed by atoms with van der Waals surface area (Å²) in [5.41, 5.74) is 2.87. The van der Waals surface area contributed by atoms with Crippen molar-refractivity contribution in [2.45, 2.75) is 17.9 Å². The van der Waals surface area contributed by atoms with E-state index in [1.165, 1.54) is 18.2 Å². The van der Waals surface area contributed by atoms with Gasteiger partial charge in [0, 0.05) is 17.9 Å². The number of phenols is 1. The summed E-state index contributed by atoms with van der Waals surface area (Å²) in [5, 5.41) is 27.5. The molecule has 0 spiro atoms. The maximum atomic E-state index is 11.2. The molecule has 1 aliphatic carbocycles. The Bertz CT molecular complexity index is 563. The molecular weight excluding hydrogens is 250 g/mol. The van der Waals surface area contributed by atoms with Crippen LogP contribution in [0.1, 0.15) is 17.9 Å². The highest BCUT2D eigenvalue weighted by Gasteiger charge is 2.47. The molecule has 0 bridgehead atoms. The molecule has 0 saturated carbocycles. The van der Waals surface area contributed by atoms with E-state index >= 15 is 0 Å². The molecule has 100 valence electrons. The Hall–Kier alpha value is -2.34. The first kappa shape index (κ1) is 13.1. The Morgan fingerprint density at radius 3 is 2.26 bits per heavy atom. The number of hydrogen-bond donors (Lipinski definition) is 4. The lowest BCUT2D eigenvalue weighted by molar-refractivity contribution is -0.444. The third-order valence-electron chi connectivity index (χ3n) is 3.34. The number of hydrogen-bond acceptors (Lipinski definition) is 3. The van der Waals surface area contributed by atoms with Gasteiger partial charge in [-0.15, -0.1) is 0 Å². The molecule has 1 aromatic carbocycles. The maximum absolute atomic E-state index is 11.2. The average molecular weight is 264 g/mol. The van der Waals surface area contributed by atoms with Crippen LogP contribution in [0.2, 0.25) is 0 Å². The van der Waals surface area contributed by atoms with Crippen LogP contribution in [0.25, 0.3) is 0 Å². The lowest BCUT2D eigenvalue weighted by Crippen LogP contribution is -2.75. The molecule has 0 heterocycles. The number of benzene rings is 1. The molecule has 2 rings (SSSR count). The second kappa shape index (κ2) is 4.40. The summed E-state index contributed by atoms with van der Waals surface area (Å²) in [5.74, 6) is -2.76. The van der Waals surface area contributed by atoms with Crippen molar-refractivity contribution in [1.82, 2.24) is 0 Å². The fourth-order valence-corrected chi connectivity index (χ4v) is 2.30. The first-order valence-electron chi connectivity index (χ1n) is 5.67. The van der Waals surface area contributed by atoms with E-state index < -0.39 is 23.4 Å². The molecular formula is C13H14NO5+. The zero-order valence-electron chi connectivity index (χ0n) is 10.0. The molecule has 2 atom stereocenters. The van der Waals surface area contributed by atoms with Gasteiger partial charge >= 0.3 is 11.9 Å². The number of quaternary nitrogens is 1. The van der Waals surface area contributed by atoms with Crippen LogP contribution < -0.4 is 5.73 Å². The van der Waals surface area contributed by atoms with Gasteiger partial charge in [0.25, 0.3) is 0 Å². The zero-order valence-corrected chi connectivity index (χ0v) is 10.0. The summed E-state index contributed by atoms with van der Waals surface area (Å²) in [6.45, 7) is 0. The highest BCUT2D eigenvalue weighted by Crippen LogP contribution is 2.39. The van der Waals surface area contributed by atoms with Crippen LogP contribution in [-0.2, 0) is 9.59 Å². The van der Waals surface area contributed by atoms with E-state index in [0.717, 1.165) is 0 Å². The van der Waals surface area contributed by atoms with E-state index in [2.05, 4.69) is 5.73 Å². The van der Waals surface area contributed by atoms with Gasteiger partial charge < -0.3 is 21.1 Å². The van der Waals surface area contributed by atoms with Crippen molar-refractivity contribution in [2.75, 3.05) is 0 Å². The number of phenolic OH excluding ortho intramolecular Hbond substituents is 1. The van der Waals surface area contributed by atoms with Crippen molar-refractivity contribution in [2.24, 2.45) is 0 Å². The summed E-state index contributed by atoms with van der Waals surface area (Å²) in [4.78, 5) is 22.4. The largest absolute Gasteiger partial charge is 0.508 e.